The predicted octanol–water partition coefficient (Wildman–Crippen LogP) is -0.0916. The molecule has 3 nitrogen and oxygen atoms in total. The number of H-pyrrole nitrogens is 1. The number of aromatic nitrogens is 2. The summed E-state index contributed by atoms with van der Waals surface area (Å²) in [6.45, 7) is 0.671. The van der Waals surface area contributed by atoms with E-state index >= 15 is 0 Å². The zero-order valence-corrected chi connectivity index (χ0v) is 6.66. The van der Waals surface area contributed by atoms with Crippen LogP contribution in [0.1, 0.15) is 5.69 Å². The summed E-state index contributed by atoms with van der Waals surface area (Å²) >= 11 is 0. The number of imidazole rings is 1. The Morgan fingerprint density at radius 3 is 2.89 bits per heavy atom. The smallest absolute Gasteiger partial charge is 0.0923 e. The minimum absolute atomic E-state index is 0. The molecule has 4 heteroatoms. The summed E-state index contributed by atoms with van der Waals surface area (Å²) < 4.78 is 0. The molecule has 0 aliphatic carbocycles. The molecule has 0 atom stereocenters. The Labute approximate surface area is 68.9 Å². The van der Waals surface area contributed by atoms with Crippen molar-refractivity contribution in [3.05, 3.63) is 18.2 Å². The first-order valence-corrected chi connectivity index (χ1v) is 2.61. The standard InChI is InChI=1S/C5H9N3.Ti/c6-2-1-5-3-7-4-8-5;/h3-4H,1-2,6H2,(H,7,8);. The SMILES string of the molecule is NCCc1c[nH]cn1.[Ti]. The number of aromatic amines is 1. The molecule has 0 aliphatic heterocycles. The molecule has 0 saturated heterocycles. The first kappa shape index (κ1) is 8.88. The van der Waals surface area contributed by atoms with E-state index in [-0.39, 0.29) is 21.7 Å². The number of hydrogen-bond acceptors (Lipinski definition) is 2. The molecule has 0 fully saturated rings. The molecule has 0 saturated carbocycles. The van der Waals surface area contributed by atoms with E-state index in [2.05, 4.69) is 9.97 Å². The Balaban J connectivity index is 0.000000640. The van der Waals surface area contributed by atoms with Crippen LogP contribution in [0.3, 0.4) is 0 Å². The number of nitrogens with zero attached hydrogens (tertiary/aromatic N) is 1. The van der Waals surface area contributed by atoms with E-state index in [1.54, 1.807) is 6.33 Å². The molecule has 9 heavy (non-hydrogen) atoms. The van der Waals surface area contributed by atoms with Crippen molar-refractivity contribution in [3.8, 4) is 0 Å². The molecule has 0 spiro atoms. The van der Waals surface area contributed by atoms with Crippen LogP contribution in [-0.4, -0.2) is 16.5 Å². The number of nitrogens with two attached hydrogens (primary N) is 1. The van der Waals surface area contributed by atoms with E-state index in [1.165, 1.54) is 0 Å². The molecule has 0 aliphatic rings. The van der Waals surface area contributed by atoms with Gasteiger partial charge in [-0.25, -0.2) is 4.98 Å². The molecule has 1 heterocycles. The van der Waals surface area contributed by atoms with Gasteiger partial charge in [-0.3, -0.25) is 0 Å². The van der Waals surface area contributed by atoms with Crippen LogP contribution in [-0.2, 0) is 28.1 Å². The number of nitrogens with one attached hydrogen (secondary N) is 1. The molecule has 3 N–H and O–H groups in total. The summed E-state index contributed by atoms with van der Waals surface area (Å²) in [7, 11) is 0. The second-order valence-electron chi connectivity index (χ2n) is 1.60. The van der Waals surface area contributed by atoms with Crippen LogP contribution >= 0.6 is 0 Å². The fourth-order valence-electron chi connectivity index (χ4n) is 0.576. The summed E-state index contributed by atoms with van der Waals surface area (Å²) in [5.41, 5.74) is 6.30. The molecule has 1 aromatic rings. The van der Waals surface area contributed by atoms with E-state index < -0.39 is 0 Å². The van der Waals surface area contributed by atoms with Crippen molar-refractivity contribution in [2.24, 2.45) is 5.73 Å². The van der Waals surface area contributed by atoms with Crippen molar-refractivity contribution in [2.75, 3.05) is 6.54 Å². The molecule has 1 aromatic heterocycles. The molecule has 0 radical (unpaired) electrons. The normalized spacial score (nSPS) is 8.56. The summed E-state index contributed by atoms with van der Waals surface area (Å²) in [5, 5.41) is 0. The molecule has 0 amide bonds. The summed E-state index contributed by atoms with van der Waals surface area (Å²) in [6.07, 6.45) is 4.38. The van der Waals surface area contributed by atoms with Gasteiger partial charge in [-0.1, -0.05) is 0 Å². The third-order valence-corrected chi connectivity index (χ3v) is 0.955. The van der Waals surface area contributed by atoms with Crippen molar-refractivity contribution in [1.29, 1.82) is 0 Å². The van der Waals surface area contributed by atoms with Gasteiger partial charge in [0, 0.05) is 34.3 Å². The van der Waals surface area contributed by atoms with Crippen molar-refractivity contribution in [1.82, 2.24) is 9.97 Å². The summed E-state index contributed by atoms with van der Waals surface area (Å²) in [5.74, 6) is 0. The fourth-order valence-corrected chi connectivity index (χ4v) is 0.576. The van der Waals surface area contributed by atoms with E-state index in [4.69, 9.17) is 5.73 Å². The third-order valence-electron chi connectivity index (χ3n) is 0.955. The molecule has 0 aromatic carbocycles. The van der Waals surface area contributed by atoms with Crippen LogP contribution in [0, 0.1) is 0 Å². The monoisotopic (exact) mass is 159 g/mol. The predicted molar refractivity (Wildman–Crippen MR) is 31.3 cm³/mol. The molecule has 1 rings (SSSR count). The zero-order valence-electron chi connectivity index (χ0n) is 5.09. The fraction of sp³-hybridized carbons (Fsp3) is 0.400. The van der Waals surface area contributed by atoms with Gasteiger partial charge in [0.15, 0.2) is 0 Å². The molecule has 0 unspecified atom stereocenters. The quantitative estimate of drug-likeness (QED) is 0.592. The largest absolute Gasteiger partial charge is 0.351 e. The van der Waals surface area contributed by atoms with E-state index in [0.29, 0.717) is 6.54 Å². The van der Waals surface area contributed by atoms with Gasteiger partial charge >= 0.3 is 0 Å². The molecular formula is C5H9N3Ti. The van der Waals surface area contributed by atoms with Crippen LogP contribution in [0.15, 0.2) is 12.5 Å². The Bertz CT molecular complexity index is 138. The second kappa shape index (κ2) is 4.73. The van der Waals surface area contributed by atoms with Gasteiger partial charge in [-0.2, -0.15) is 0 Å². The maximum Gasteiger partial charge on any atom is 0.0923 e. The molecular weight excluding hydrogens is 150 g/mol. The molecule has 48 valence electrons. The average molecular weight is 159 g/mol. The minimum atomic E-state index is 0. The Kier molecular flexibility index (Phi) is 4.67. The van der Waals surface area contributed by atoms with Crippen LogP contribution in [0.2, 0.25) is 0 Å². The first-order valence-electron chi connectivity index (χ1n) is 2.61. The average Bonchev–Trinajstić information content (AvgIpc) is 2.19. The Hall–Kier alpha value is -0.116. The van der Waals surface area contributed by atoms with Crippen molar-refractivity contribution in [2.45, 2.75) is 6.42 Å². The first-order chi connectivity index (χ1) is 3.93. The summed E-state index contributed by atoms with van der Waals surface area (Å²) in [4.78, 5) is 6.82. The minimum Gasteiger partial charge on any atom is -0.351 e. The van der Waals surface area contributed by atoms with Crippen LogP contribution < -0.4 is 5.73 Å². The zero-order chi connectivity index (χ0) is 5.82. The Morgan fingerprint density at radius 1 is 1.67 bits per heavy atom. The van der Waals surface area contributed by atoms with Crippen LogP contribution in [0.5, 0.6) is 0 Å². The van der Waals surface area contributed by atoms with E-state index in [1.807, 2.05) is 6.20 Å². The van der Waals surface area contributed by atoms with Crippen LogP contribution in [0.25, 0.3) is 0 Å². The van der Waals surface area contributed by atoms with E-state index in [9.17, 15) is 0 Å². The van der Waals surface area contributed by atoms with Gasteiger partial charge in [0.05, 0.1) is 12.0 Å². The Morgan fingerprint density at radius 2 is 2.44 bits per heavy atom. The number of rotatable bonds is 2. The van der Waals surface area contributed by atoms with Gasteiger partial charge in [-0.05, 0) is 6.54 Å². The van der Waals surface area contributed by atoms with E-state index in [0.717, 1.165) is 12.1 Å². The summed E-state index contributed by atoms with van der Waals surface area (Å²) in [6, 6.07) is 0. The second-order valence-corrected chi connectivity index (χ2v) is 1.60. The maximum absolute atomic E-state index is 5.27. The molecule has 0 bridgehead atoms. The van der Waals surface area contributed by atoms with Gasteiger partial charge in [0.25, 0.3) is 0 Å². The van der Waals surface area contributed by atoms with Crippen LogP contribution in [0.4, 0.5) is 0 Å². The van der Waals surface area contributed by atoms with Crippen molar-refractivity contribution in [3.63, 3.8) is 0 Å². The third kappa shape index (κ3) is 2.79. The van der Waals surface area contributed by atoms with Gasteiger partial charge in [0.1, 0.15) is 0 Å². The van der Waals surface area contributed by atoms with Gasteiger partial charge in [0.2, 0.25) is 0 Å². The maximum atomic E-state index is 5.27. The number of hydrogen-bond donors (Lipinski definition) is 2. The van der Waals surface area contributed by atoms with Gasteiger partial charge < -0.3 is 10.7 Å². The van der Waals surface area contributed by atoms with Crippen molar-refractivity contribution < 1.29 is 21.7 Å². The van der Waals surface area contributed by atoms with Gasteiger partial charge in [-0.15, -0.1) is 0 Å². The van der Waals surface area contributed by atoms with Crippen molar-refractivity contribution >= 4 is 0 Å². The topological polar surface area (TPSA) is 54.7 Å².